The Bertz CT molecular complexity index is 507. The summed E-state index contributed by atoms with van der Waals surface area (Å²) < 4.78 is 1.76. The molecule has 2 aromatic heterocycles. The SMILES string of the molecule is Cc1cc(-n2ccc(C3CC3)n2)nc(N)n1. The Kier molecular flexibility index (Phi) is 1.92. The van der Waals surface area contributed by atoms with Crippen LogP contribution < -0.4 is 5.73 Å². The minimum Gasteiger partial charge on any atom is -0.368 e. The molecule has 0 atom stereocenters. The van der Waals surface area contributed by atoms with E-state index in [1.165, 1.54) is 12.8 Å². The zero-order valence-corrected chi connectivity index (χ0v) is 9.09. The molecule has 0 bridgehead atoms. The monoisotopic (exact) mass is 215 g/mol. The van der Waals surface area contributed by atoms with Crippen molar-refractivity contribution in [3.63, 3.8) is 0 Å². The molecule has 0 aliphatic heterocycles. The van der Waals surface area contributed by atoms with Gasteiger partial charge in [-0.2, -0.15) is 10.1 Å². The highest BCUT2D eigenvalue weighted by Gasteiger charge is 2.25. The van der Waals surface area contributed by atoms with Crippen LogP contribution in [0.4, 0.5) is 5.95 Å². The summed E-state index contributed by atoms with van der Waals surface area (Å²) in [5.41, 5.74) is 7.61. The van der Waals surface area contributed by atoms with Gasteiger partial charge in [-0.1, -0.05) is 0 Å². The molecule has 0 unspecified atom stereocenters. The molecule has 1 fully saturated rings. The Morgan fingerprint density at radius 1 is 1.38 bits per heavy atom. The lowest BCUT2D eigenvalue weighted by molar-refractivity contribution is 0.807. The van der Waals surface area contributed by atoms with Gasteiger partial charge in [0, 0.05) is 23.9 Å². The van der Waals surface area contributed by atoms with Crippen molar-refractivity contribution < 1.29 is 0 Å². The van der Waals surface area contributed by atoms with E-state index in [1.54, 1.807) is 4.68 Å². The molecule has 1 saturated carbocycles. The van der Waals surface area contributed by atoms with Gasteiger partial charge < -0.3 is 5.73 Å². The largest absolute Gasteiger partial charge is 0.368 e. The van der Waals surface area contributed by atoms with Crippen LogP contribution in [-0.4, -0.2) is 19.7 Å². The minimum atomic E-state index is 0.290. The van der Waals surface area contributed by atoms with Gasteiger partial charge in [-0.3, -0.25) is 0 Å². The van der Waals surface area contributed by atoms with Crippen molar-refractivity contribution in [2.45, 2.75) is 25.7 Å². The lowest BCUT2D eigenvalue weighted by atomic mass is 10.3. The zero-order valence-electron chi connectivity index (χ0n) is 9.09. The Morgan fingerprint density at radius 2 is 2.19 bits per heavy atom. The molecule has 0 radical (unpaired) electrons. The first kappa shape index (κ1) is 9.33. The second kappa shape index (κ2) is 3.30. The second-order valence-electron chi connectivity index (χ2n) is 4.19. The Balaban J connectivity index is 2.00. The number of nitrogen functional groups attached to an aromatic ring is 1. The molecule has 0 spiro atoms. The number of hydrogen-bond acceptors (Lipinski definition) is 4. The fourth-order valence-corrected chi connectivity index (χ4v) is 1.75. The average molecular weight is 215 g/mol. The van der Waals surface area contributed by atoms with Crippen molar-refractivity contribution in [3.05, 3.63) is 29.7 Å². The third-order valence-electron chi connectivity index (χ3n) is 2.70. The van der Waals surface area contributed by atoms with Crippen LogP contribution in [0.5, 0.6) is 0 Å². The van der Waals surface area contributed by atoms with Crippen molar-refractivity contribution in [3.8, 4) is 5.82 Å². The smallest absolute Gasteiger partial charge is 0.222 e. The van der Waals surface area contributed by atoms with E-state index in [1.807, 2.05) is 25.3 Å². The number of nitrogens with two attached hydrogens (primary N) is 1. The molecule has 0 saturated heterocycles. The Hall–Kier alpha value is -1.91. The molecule has 3 rings (SSSR count). The molecule has 2 heterocycles. The van der Waals surface area contributed by atoms with Gasteiger partial charge in [0.2, 0.25) is 5.95 Å². The molecule has 5 nitrogen and oxygen atoms in total. The molecular formula is C11H13N5. The van der Waals surface area contributed by atoms with Gasteiger partial charge in [0.1, 0.15) is 0 Å². The van der Waals surface area contributed by atoms with E-state index in [0.29, 0.717) is 11.9 Å². The lowest BCUT2D eigenvalue weighted by Gasteiger charge is -2.02. The fourth-order valence-electron chi connectivity index (χ4n) is 1.75. The number of aryl methyl sites for hydroxylation is 1. The van der Waals surface area contributed by atoms with E-state index < -0.39 is 0 Å². The topological polar surface area (TPSA) is 69.6 Å². The second-order valence-corrected chi connectivity index (χ2v) is 4.19. The van der Waals surface area contributed by atoms with E-state index in [0.717, 1.165) is 17.2 Å². The van der Waals surface area contributed by atoms with E-state index in [-0.39, 0.29) is 0 Å². The third-order valence-corrected chi connectivity index (χ3v) is 2.70. The molecule has 82 valence electrons. The number of nitrogens with zero attached hydrogens (tertiary/aromatic N) is 4. The van der Waals surface area contributed by atoms with Crippen molar-refractivity contribution in [1.82, 2.24) is 19.7 Å². The summed E-state index contributed by atoms with van der Waals surface area (Å²) in [6.07, 6.45) is 4.43. The summed E-state index contributed by atoms with van der Waals surface area (Å²) in [7, 11) is 0. The standard InChI is InChI=1S/C11H13N5/c1-7-6-10(14-11(12)13-7)16-5-4-9(15-16)8-2-3-8/h4-6,8H,2-3H2,1H3,(H2,12,13,14). The van der Waals surface area contributed by atoms with Crippen LogP contribution in [0.2, 0.25) is 0 Å². The maximum Gasteiger partial charge on any atom is 0.222 e. The van der Waals surface area contributed by atoms with Crippen LogP contribution in [0.15, 0.2) is 18.3 Å². The lowest BCUT2D eigenvalue weighted by Crippen LogP contribution is -2.04. The van der Waals surface area contributed by atoms with Gasteiger partial charge >= 0.3 is 0 Å². The summed E-state index contributed by atoms with van der Waals surface area (Å²) in [6.45, 7) is 1.90. The maximum atomic E-state index is 5.61. The summed E-state index contributed by atoms with van der Waals surface area (Å²) >= 11 is 0. The number of anilines is 1. The van der Waals surface area contributed by atoms with E-state index in [4.69, 9.17) is 5.73 Å². The third kappa shape index (κ3) is 1.64. The Morgan fingerprint density at radius 3 is 2.88 bits per heavy atom. The molecule has 1 aliphatic carbocycles. The molecule has 0 amide bonds. The van der Waals surface area contributed by atoms with Crippen LogP contribution in [0, 0.1) is 6.92 Å². The zero-order chi connectivity index (χ0) is 11.1. The minimum absolute atomic E-state index is 0.290. The number of hydrogen-bond donors (Lipinski definition) is 1. The highest BCUT2D eigenvalue weighted by molar-refractivity contribution is 5.31. The first-order chi connectivity index (χ1) is 7.72. The molecule has 2 aromatic rings. The Labute approximate surface area is 93.3 Å². The first-order valence-corrected chi connectivity index (χ1v) is 5.39. The summed E-state index contributed by atoms with van der Waals surface area (Å²) in [4.78, 5) is 8.20. The molecule has 0 aromatic carbocycles. The van der Waals surface area contributed by atoms with Crippen molar-refractivity contribution in [2.24, 2.45) is 0 Å². The van der Waals surface area contributed by atoms with E-state index >= 15 is 0 Å². The fraction of sp³-hybridized carbons (Fsp3) is 0.364. The van der Waals surface area contributed by atoms with Crippen molar-refractivity contribution in [1.29, 1.82) is 0 Å². The maximum absolute atomic E-state index is 5.61. The van der Waals surface area contributed by atoms with Crippen LogP contribution in [0.25, 0.3) is 5.82 Å². The predicted octanol–water partition coefficient (Wildman–Crippen LogP) is 1.43. The molecule has 16 heavy (non-hydrogen) atoms. The van der Waals surface area contributed by atoms with E-state index in [2.05, 4.69) is 15.1 Å². The van der Waals surface area contributed by atoms with Crippen molar-refractivity contribution in [2.75, 3.05) is 5.73 Å². The van der Waals surface area contributed by atoms with Crippen LogP contribution >= 0.6 is 0 Å². The number of rotatable bonds is 2. The quantitative estimate of drug-likeness (QED) is 0.822. The first-order valence-electron chi connectivity index (χ1n) is 5.39. The summed E-state index contributed by atoms with van der Waals surface area (Å²) in [5.74, 6) is 1.68. The highest BCUT2D eigenvalue weighted by atomic mass is 15.3. The molecule has 2 N–H and O–H groups in total. The van der Waals surface area contributed by atoms with Crippen LogP contribution in [0.3, 0.4) is 0 Å². The summed E-state index contributed by atoms with van der Waals surface area (Å²) in [5, 5.41) is 4.50. The van der Waals surface area contributed by atoms with Gasteiger partial charge in [0.15, 0.2) is 5.82 Å². The van der Waals surface area contributed by atoms with Gasteiger partial charge in [-0.15, -0.1) is 0 Å². The van der Waals surface area contributed by atoms with Gasteiger partial charge in [-0.05, 0) is 25.8 Å². The normalized spacial score (nSPS) is 15.3. The average Bonchev–Trinajstić information content (AvgIpc) is 2.95. The molecule has 1 aliphatic rings. The highest BCUT2D eigenvalue weighted by Crippen LogP contribution is 2.38. The van der Waals surface area contributed by atoms with Gasteiger partial charge in [0.25, 0.3) is 0 Å². The van der Waals surface area contributed by atoms with Gasteiger partial charge in [0.05, 0.1) is 5.69 Å². The predicted molar refractivity (Wildman–Crippen MR) is 60.3 cm³/mol. The summed E-state index contributed by atoms with van der Waals surface area (Å²) in [6, 6.07) is 3.92. The number of aromatic nitrogens is 4. The van der Waals surface area contributed by atoms with E-state index in [9.17, 15) is 0 Å². The molecular weight excluding hydrogens is 202 g/mol. The van der Waals surface area contributed by atoms with Crippen LogP contribution in [0.1, 0.15) is 30.1 Å². The van der Waals surface area contributed by atoms with Crippen molar-refractivity contribution >= 4 is 5.95 Å². The van der Waals surface area contributed by atoms with Crippen LogP contribution in [-0.2, 0) is 0 Å². The molecule has 5 heteroatoms. The van der Waals surface area contributed by atoms with Gasteiger partial charge in [-0.25, -0.2) is 9.67 Å².